The second-order valence-corrected chi connectivity index (χ2v) is 10.6. The topological polar surface area (TPSA) is 91.1 Å². The smallest absolute Gasteiger partial charge is 0.230 e. The van der Waals surface area contributed by atoms with E-state index in [4.69, 9.17) is 9.97 Å². The number of aliphatic hydroxyl groups is 1. The van der Waals surface area contributed by atoms with Gasteiger partial charge in [-0.15, -0.1) is 11.3 Å². The number of nitrogens with one attached hydrogen (secondary N) is 2. The van der Waals surface area contributed by atoms with E-state index in [0.29, 0.717) is 12.0 Å². The molecule has 0 spiro atoms. The summed E-state index contributed by atoms with van der Waals surface area (Å²) in [7, 11) is 0. The lowest BCUT2D eigenvalue weighted by Crippen LogP contribution is -2.34. The number of thiophene rings is 1. The summed E-state index contributed by atoms with van der Waals surface area (Å²) in [6.45, 7) is 11.2. The van der Waals surface area contributed by atoms with Crippen molar-refractivity contribution in [3.05, 3.63) is 53.2 Å². The zero-order chi connectivity index (χ0) is 24.6. The Balaban J connectivity index is 1.39. The van der Waals surface area contributed by atoms with Gasteiger partial charge in [-0.2, -0.15) is 10.1 Å². The third kappa shape index (κ3) is 5.17. The number of fused-ring (bicyclic) bond motifs is 1. The number of hydrogen-bond acceptors (Lipinski definition) is 8. The third-order valence-electron chi connectivity index (χ3n) is 6.69. The average Bonchev–Trinajstić information content (AvgIpc) is 3.45. The molecule has 1 aliphatic rings. The van der Waals surface area contributed by atoms with Crippen LogP contribution in [0.2, 0.25) is 0 Å². The van der Waals surface area contributed by atoms with Crippen LogP contribution in [0.4, 0.5) is 23.1 Å². The lowest BCUT2D eigenvalue weighted by atomic mass is 9.98. The molecule has 0 saturated carbocycles. The number of aromatic nitrogens is 4. The van der Waals surface area contributed by atoms with E-state index in [1.807, 2.05) is 30.5 Å². The standard InChI is InChI=1S/C26H33N7OS/c1-5-32-11-9-21(10-12-32)33-15-20(14-27-33)29-25-30-23(22-17(2)16-35-24(22)31-25)28-19-8-6-7-18(13-19)26(3,4)34/h6-8,13-16,21,34H,5,9-12H2,1-4H3,(H2,28,29,30,31). The number of piperidine rings is 1. The number of hydrogen-bond donors (Lipinski definition) is 3. The Morgan fingerprint density at radius 1 is 1.14 bits per heavy atom. The van der Waals surface area contributed by atoms with Crippen molar-refractivity contribution in [2.24, 2.45) is 0 Å². The SMILES string of the molecule is CCN1CCC(n2cc(Nc3nc(Nc4cccc(C(C)(C)O)c4)c4c(C)csc4n3)cn2)CC1. The van der Waals surface area contributed by atoms with Crippen molar-refractivity contribution in [1.82, 2.24) is 24.6 Å². The summed E-state index contributed by atoms with van der Waals surface area (Å²) < 4.78 is 2.07. The number of likely N-dealkylation sites (tertiary alicyclic amines) is 1. The first-order valence-corrected chi connectivity index (χ1v) is 13.1. The molecule has 0 unspecified atom stereocenters. The van der Waals surface area contributed by atoms with Crippen LogP contribution in [0.15, 0.2) is 42.0 Å². The number of benzene rings is 1. The van der Waals surface area contributed by atoms with Crippen molar-refractivity contribution in [3.63, 3.8) is 0 Å². The van der Waals surface area contributed by atoms with Gasteiger partial charge in [-0.3, -0.25) is 4.68 Å². The van der Waals surface area contributed by atoms with E-state index in [-0.39, 0.29) is 0 Å². The van der Waals surface area contributed by atoms with Crippen molar-refractivity contribution in [2.75, 3.05) is 30.3 Å². The molecule has 1 aliphatic heterocycles. The molecule has 4 aromatic rings. The molecular weight excluding hydrogens is 458 g/mol. The fraction of sp³-hybridized carbons (Fsp3) is 0.423. The van der Waals surface area contributed by atoms with Gasteiger partial charge in [0, 0.05) is 25.0 Å². The zero-order valence-corrected chi connectivity index (χ0v) is 21.6. The fourth-order valence-corrected chi connectivity index (χ4v) is 5.50. The molecule has 3 aromatic heterocycles. The highest BCUT2D eigenvalue weighted by Gasteiger charge is 2.21. The quantitative estimate of drug-likeness (QED) is 0.311. The lowest BCUT2D eigenvalue weighted by molar-refractivity contribution is 0.0786. The number of nitrogens with zero attached hydrogens (tertiary/aromatic N) is 5. The first kappa shape index (κ1) is 23.7. The van der Waals surface area contributed by atoms with Crippen LogP contribution in [0.1, 0.15) is 50.8 Å². The van der Waals surface area contributed by atoms with Gasteiger partial charge in [0.15, 0.2) is 0 Å². The Morgan fingerprint density at radius 2 is 1.94 bits per heavy atom. The highest BCUT2D eigenvalue weighted by molar-refractivity contribution is 7.17. The molecule has 1 saturated heterocycles. The van der Waals surface area contributed by atoms with Crippen LogP contribution >= 0.6 is 11.3 Å². The summed E-state index contributed by atoms with van der Waals surface area (Å²) in [6.07, 6.45) is 6.13. The van der Waals surface area contributed by atoms with Gasteiger partial charge in [0.2, 0.25) is 5.95 Å². The minimum absolute atomic E-state index is 0.428. The molecule has 0 radical (unpaired) electrons. The van der Waals surface area contributed by atoms with Gasteiger partial charge in [-0.05, 0) is 68.8 Å². The number of rotatable bonds is 7. The predicted octanol–water partition coefficient (Wildman–Crippen LogP) is 5.57. The maximum absolute atomic E-state index is 10.4. The highest BCUT2D eigenvalue weighted by Crippen LogP contribution is 2.34. The van der Waals surface area contributed by atoms with Crippen LogP contribution < -0.4 is 10.6 Å². The highest BCUT2D eigenvalue weighted by atomic mass is 32.1. The summed E-state index contributed by atoms with van der Waals surface area (Å²) in [5, 5.41) is 25.0. The molecule has 1 aromatic carbocycles. The van der Waals surface area contributed by atoms with Crippen molar-refractivity contribution in [1.29, 1.82) is 0 Å². The Labute approximate surface area is 210 Å². The second kappa shape index (κ2) is 9.56. The van der Waals surface area contributed by atoms with E-state index in [0.717, 1.165) is 71.0 Å². The summed E-state index contributed by atoms with van der Waals surface area (Å²) in [4.78, 5) is 13.0. The molecule has 8 nitrogen and oxygen atoms in total. The number of anilines is 4. The summed E-state index contributed by atoms with van der Waals surface area (Å²) in [5.74, 6) is 1.27. The summed E-state index contributed by atoms with van der Waals surface area (Å²) >= 11 is 1.60. The Kier molecular flexibility index (Phi) is 6.48. The van der Waals surface area contributed by atoms with Gasteiger partial charge in [0.05, 0.1) is 28.9 Å². The van der Waals surface area contributed by atoms with Crippen molar-refractivity contribution in [2.45, 2.75) is 52.2 Å². The fourth-order valence-electron chi connectivity index (χ4n) is 4.58. The van der Waals surface area contributed by atoms with Crippen LogP contribution in [0.5, 0.6) is 0 Å². The predicted molar refractivity (Wildman–Crippen MR) is 143 cm³/mol. The molecule has 9 heteroatoms. The van der Waals surface area contributed by atoms with Crippen LogP contribution in [-0.4, -0.2) is 49.4 Å². The maximum Gasteiger partial charge on any atom is 0.230 e. The van der Waals surface area contributed by atoms with Crippen molar-refractivity contribution >= 4 is 44.7 Å². The van der Waals surface area contributed by atoms with Gasteiger partial charge in [-0.25, -0.2) is 4.98 Å². The van der Waals surface area contributed by atoms with E-state index < -0.39 is 5.60 Å². The molecule has 3 N–H and O–H groups in total. The van der Waals surface area contributed by atoms with E-state index >= 15 is 0 Å². The molecule has 0 bridgehead atoms. The normalized spacial score (nSPS) is 15.6. The molecule has 184 valence electrons. The van der Waals surface area contributed by atoms with Gasteiger partial charge in [-0.1, -0.05) is 19.1 Å². The first-order chi connectivity index (χ1) is 16.8. The largest absolute Gasteiger partial charge is 0.386 e. The monoisotopic (exact) mass is 491 g/mol. The third-order valence-corrected chi connectivity index (χ3v) is 7.68. The maximum atomic E-state index is 10.4. The minimum Gasteiger partial charge on any atom is -0.386 e. The molecule has 1 fully saturated rings. The van der Waals surface area contributed by atoms with Crippen LogP contribution in [0.25, 0.3) is 10.2 Å². The Hall–Kier alpha value is -3.01. The van der Waals surface area contributed by atoms with Gasteiger partial charge in [0.25, 0.3) is 0 Å². The van der Waals surface area contributed by atoms with Gasteiger partial charge < -0.3 is 20.6 Å². The van der Waals surface area contributed by atoms with Gasteiger partial charge >= 0.3 is 0 Å². The second-order valence-electron chi connectivity index (χ2n) is 9.76. The average molecular weight is 492 g/mol. The molecule has 0 amide bonds. The van der Waals surface area contributed by atoms with E-state index in [9.17, 15) is 5.11 Å². The van der Waals surface area contributed by atoms with Crippen molar-refractivity contribution < 1.29 is 5.11 Å². The first-order valence-electron chi connectivity index (χ1n) is 12.2. The minimum atomic E-state index is -0.920. The summed E-state index contributed by atoms with van der Waals surface area (Å²) in [5.41, 5.74) is 2.80. The Bertz CT molecular complexity index is 1310. The van der Waals surface area contributed by atoms with Crippen LogP contribution in [0, 0.1) is 6.92 Å². The van der Waals surface area contributed by atoms with E-state index in [1.165, 1.54) is 0 Å². The Morgan fingerprint density at radius 3 is 2.69 bits per heavy atom. The number of aryl methyl sites for hydroxylation is 1. The molecule has 0 aliphatic carbocycles. The van der Waals surface area contributed by atoms with E-state index in [1.54, 1.807) is 25.2 Å². The van der Waals surface area contributed by atoms with E-state index in [2.05, 4.69) is 50.7 Å². The molecular formula is C26H33N7OS. The zero-order valence-electron chi connectivity index (χ0n) is 20.7. The molecule has 4 heterocycles. The lowest BCUT2D eigenvalue weighted by Gasteiger charge is -2.31. The molecule has 0 atom stereocenters. The van der Waals surface area contributed by atoms with Crippen molar-refractivity contribution in [3.8, 4) is 0 Å². The van der Waals surface area contributed by atoms with Crippen LogP contribution in [0.3, 0.4) is 0 Å². The summed E-state index contributed by atoms with van der Waals surface area (Å²) in [6, 6.07) is 8.22. The van der Waals surface area contributed by atoms with Gasteiger partial charge in [0.1, 0.15) is 10.6 Å². The van der Waals surface area contributed by atoms with Crippen LogP contribution in [-0.2, 0) is 5.60 Å². The molecule has 5 rings (SSSR count). The molecule has 35 heavy (non-hydrogen) atoms.